The van der Waals surface area contributed by atoms with E-state index in [1.54, 1.807) is 0 Å². The van der Waals surface area contributed by atoms with Crippen molar-refractivity contribution < 1.29 is 76.8 Å². The van der Waals surface area contributed by atoms with E-state index in [0.29, 0.717) is 10.1 Å². The summed E-state index contributed by atoms with van der Waals surface area (Å²) in [6.45, 7) is -0.310. The van der Waals surface area contributed by atoms with Gasteiger partial charge in [-0.2, -0.15) is 0 Å². The highest BCUT2D eigenvalue weighted by Crippen LogP contribution is 2.57. The summed E-state index contributed by atoms with van der Waals surface area (Å²) in [6, 6.07) is 6.63. The van der Waals surface area contributed by atoms with E-state index in [0.717, 1.165) is 12.3 Å². The number of carbonyl (C=O) groups is 1. The Labute approximate surface area is 252 Å². The van der Waals surface area contributed by atoms with E-state index in [4.69, 9.17) is 14.2 Å². The van der Waals surface area contributed by atoms with Crippen molar-refractivity contribution in [2.45, 2.75) is 62.2 Å². The molecule has 1 aromatic carbocycles. The van der Waals surface area contributed by atoms with Crippen LogP contribution in [0.3, 0.4) is 0 Å². The molecule has 0 amide bonds. The SMILES string of the molecule is CC(=O)c1ccc(OCC2OC(OP(=O)([O-])OP(=O)([O-])OCC3OC(n4ccc(=O)[nH]c4=O)C(O)C3O)C(O)C(O)C2O)cc1. The summed E-state index contributed by atoms with van der Waals surface area (Å²) >= 11 is 0. The molecule has 22 heteroatoms. The Hall–Kier alpha value is -2.65. The van der Waals surface area contributed by atoms with Crippen molar-refractivity contribution in [2.75, 3.05) is 13.2 Å². The number of carbonyl (C=O) groups excluding carboxylic acids is 1. The Morgan fingerprint density at radius 2 is 1.51 bits per heavy atom. The predicted molar refractivity (Wildman–Crippen MR) is 139 cm³/mol. The van der Waals surface area contributed by atoms with Gasteiger partial charge in [0.2, 0.25) is 0 Å². The first-order valence-corrected chi connectivity index (χ1v) is 15.8. The van der Waals surface area contributed by atoms with Crippen molar-refractivity contribution in [1.29, 1.82) is 0 Å². The number of aliphatic hydroxyl groups is 5. The Bertz CT molecular complexity index is 1560. The molecule has 0 saturated carbocycles. The van der Waals surface area contributed by atoms with Gasteiger partial charge in [0.15, 0.2) is 18.3 Å². The minimum atomic E-state index is -5.98. The molecule has 2 aliphatic rings. The molecule has 11 unspecified atom stereocenters. The standard InChI is InChI=1S/C23H30N2O18P2/c1-10(26)11-2-4-12(5-3-11)38-8-13-16(28)18(30)20(32)22(41-13)42-45(36,37)43-44(34,35)39-9-14-17(29)19(31)21(40-14)25-7-6-15(27)24-23(25)33/h2-7,13-14,16-22,28-32H,8-9H2,1H3,(H,34,35)(H,36,37)(H,24,27,33)/p-2. The quantitative estimate of drug-likeness (QED) is 0.0924. The summed E-state index contributed by atoms with van der Waals surface area (Å²) < 4.78 is 54.1. The number of aliphatic hydroxyl groups excluding tert-OH is 5. The molecule has 2 aromatic rings. The maximum atomic E-state index is 12.4. The molecular weight excluding hydrogens is 654 g/mol. The molecule has 2 aliphatic heterocycles. The molecule has 1 aromatic heterocycles. The van der Waals surface area contributed by atoms with Crippen LogP contribution in [0.5, 0.6) is 5.75 Å². The lowest BCUT2D eigenvalue weighted by Crippen LogP contribution is -2.59. The molecule has 11 atom stereocenters. The second-order valence-corrected chi connectivity index (χ2v) is 12.8. The van der Waals surface area contributed by atoms with Gasteiger partial charge in [-0.15, -0.1) is 0 Å². The van der Waals surface area contributed by atoms with Gasteiger partial charge in [-0.1, -0.05) is 0 Å². The van der Waals surface area contributed by atoms with Crippen molar-refractivity contribution in [3.63, 3.8) is 0 Å². The van der Waals surface area contributed by atoms with Crippen LogP contribution >= 0.6 is 15.6 Å². The summed E-state index contributed by atoms with van der Waals surface area (Å²) in [7, 11) is -11.8. The molecule has 2 fully saturated rings. The van der Waals surface area contributed by atoms with E-state index in [9.17, 15) is 58.8 Å². The second-order valence-electron chi connectivity index (χ2n) is 9.85. The van der Waals surface area contributed by atoms with Gasteiger partial charge in [-0.05, 0) is 31.2 Å². The molecular formula is C23H28N2O18P2-2. The first-order chi connectivity index (χ1) is 21.0. The Morgan fingerprint density at radius 1 is 0.889 bits per heavy atom. The smallest absolute Gasteiger partial charge is 0.330 e. The summed E-state index contributed by atoms with van der Waals surface area (Å²) in [5.74, 6) is -0.0170. The number of hydrogen-bond acceptors (Lipinski definition) is 18. The van der Waals surface area contributed by atoms with Crippen molar-refractivity contribution in [3.8, 4) is 5.75 Å². The van der Waals surface area contributed by atoms with Gasteiger partial charge in [0, 0.05) is 17.8 Å². The summed E-state index contributed by atoms with van der Waals surface area (Å²) in [4.78, 5) is 61.2. The van der Waals surface area contributed by atoms with Crippen LogP contribution in [0.4, 0.5) is 0 Å². The molecule has 4 rings (SSSR count). The topological polar surface area (TPSA) is 309 Å². The van der Waals surface area contributed by atoms with Crippen LogP contribution in [0, 0.1) is 0 Å². The van der Waals surface area contributed by atoms with Gasteiger partial charge in [0.1, 0.15) is 55.1 Å². The zero-order chi connectivity index (χ0) is 33.3. The van der Waals surface area contributed by atoms with Crippen LogP contribution in [-0.4, -0.2) is 103 Å². The highest BCUT2D eigenvalue weighted by Gasteiger charge is 2.47. The first-order valence-electron chi connectivity index (χ1n) is 12.9. The van der Waals surface area contributed by atoms with Gasteiger partial charge < -0.3 is 54.1 Å². The number of nitrogens with one attached hydrogen (secondary N) is 1. The number of phosphoric acid groups is 2. The number of benzene rings is 1. The molecule has 20 nitrogen and oxygen atoms in total. The third-order valence-corrected chi connectivity index (χ3v) is 9.17. The fourth-order valence-corrected chi connectivity index (χ4v) is 6.37. The van der Waals surface area contributed by atoms with Crippen LogP contribution in [0.2, 0.25) is 0 Å². The van der Waals surface area contributed by atoms with Gasteiger partial charge >= 0.3 is 5.69 Å². The molecule has 3 heterocycles. The van der Waals surface area contributed by atoms with Crippen molar-refractivity contribution in [2.24, 2.45) is 0 Å². The van der Waals surface area contributed by atoms with Crippen LogP contribution < -0.4 is 25.8 Å². The predicted octanol–water partition coefficient (Wildman–Crippen LogP) is -3.77. The normalized spacial score (nSPS) is 32.8. The van der Waals surface area contributed by atoms with Gasteiger partial charge in [-0.25, -0.2) is 9.11 Å². The molecule has 0 spiro atoms. The molecule has 0 aliphatic carbocycles. The number of rotatable bonds is 12. The number of ether oxygens (including phenoxy) is 3. The number of aromatic amines is 1. The van der Waals surface area contributed by atoms with Crippen LogP contribution in [0.1, 0.15) is 23.5 Å². The average Bonchev–Trinajstić information content (AvgIpc) is 3.24. The molecule has 2 saturated heterocycles. The van der Waals surface area contributed by atoms with Crippen molar-refractivity contribution >= 4 is 21.4 Å². The minimum Gasteiger partial charge on any atom is -0.756 e. The lowest BCUT2D eigenvalue weighted by atomic mass is 9.99. The molecule has 0 radical (unpaired) electrons. The monoisotopic (exact) mass is 682 g/mol. The third kappa shape index (κ3) is 8.59. The second kappa shape index (κ2) is 14.0. The number of Topliss-reactive ketones (excluding diaryl/α,β-unsaturated/α-hetero) is 1. The van der Waals surface area contributed by atoms with Crippen LogP contribution in [0.15, 0.2) is 46.1 Å². The Balaban J connectivity index is 1.34. The van der Waals surface area contributed by atoms with E-state index in [-0.39, 0.29) is 11.5 Å². The lowest BCUT2D eigenvalue weighted by Gasteiger charge is -2.42. The van der Waals surface area contributed by atoms with Crippen LogP contribution in [-0.2, 0) is 32.0 Å². The maximum absolute atomic E-state index is 12.4. The maximum Gasteiger partial charge on any atom is 0.330 e. The molecule has 6 N–H and O–H groups in total. The average molecular weight is 682 g/mol. The van der Waals surface area contributed by atoms with Gasteiger partial charge in [0.25, 0.3) is 21.2 Å². The number of H-pyrrole nitrogens is 1. The molecule has 250 valence electrons. The number of hydrogen-bond donors (Lipinski definition) is 6. The van der Waals surface area contributed by atoms with E-state index in [1.807, 2.05) is 4.98 Å². The highest BCUT2D eigenvalue weighted by molar-refractivity contribution is 7.59. The third-order valence-electron chi connectivity index (χ3n) is 6.64. The van der Waals surface area contributed by atoms with E-state index < -0.39 is 95.4 Å². The minimum absolute atomic E-state index is 0.192. The summed E-state index contributed by atoms with van der Waals surface area (Å²) in [5, 5.41) is 51.0. The number of phosphoric ester groups is 2. The first kappa shape index (κ1) is 35.2. The van der Waals surface area contributed by atoms with Crippen molar-refractivity contribution in [1.82, 2.24) is 9.55 Å². The van der Waals surface area contributed by atoms with Crippen molar-refractivity contribution in [3.05, 3.63) is 62.9 Å². The number of aromatic nitrogens is 2. The van der Waals surface area contributed by atoms with E-state index in [1.165, 1.54) is 31.2 Å². The lowest BCUT2D eigenvalue weighted by molar-refractivity contribution is -0.304. The van der Waals surface area contributed by atoms with E-state index in [2.05, 4.69) is 13.4 Å². The summed E-state index contributed by atoms with van der Waals surface area (Å²) in [6.07, 6.45) is -15.9. The Morgan fingerprint density at radius 3 is 2.13 bits per heavy atom. The van der Waals surface area contributed by atoms with Gasteiger partial charge in [0.05, 0.1) is 6.61 Å². The van der Waals surface area contributed by atoms with Crippen LogP contribution in [0.25, 0.3) is 0 Å². The number of ketones is 1. The zero-order valence-electron chi connectivity index (χ0n) is 23.0. The van der Waals surface area contributed by atoms with E-state index >= 15 is 0 Å². The fraction of sp³-hybridized carbons (Fsp3) is 0.522. The zero-order valence-corrected chi connectivity index (χ0v) is 24.7. The fourth-order valence-electron chi connectivity index (χ4n) is 4.29. The van der Waals surface area contributed by atoms with Gasteiger partial charge in [-0.3, -0.25) is 32.8 Å². The summed E-state index contributed by atoms with van der Waals surface area (Å²) in [5.41, 5.74) is -1.41. The highest BCUT2D eigenvalue weighted by atomic mass is 31.3. The molecule has 0 bridgehead atoms. The Kier molecular flexibility index (Phi) is 11.0. The molecule has 45 heavy (non-hydrogen) atoms. The largest absolute Gasteiger partial charge is 0.756 e. The number of nitrogens with zero attached hydrogens (tertiary/aromatic N) is 1.